The Morgan fingerprint density at radius 3 is 2.56 bits per heavy atom. The minimum absolute atomic E-state index is 0.457. The van der Waals surface area contributed by atoms with Crippen molar-refractivity contribution in [3.63, 3.8) is 0 Å². The first kappa shape index (κ1) is 12.8. The second kappa shape index (κ2) is 5.80. The number of rotatable bonds is 4. The highest BCUT2D eigenvalue weighted by Gasteiger charge is 2.05. The lowest BCUT2D eigenvalue weighted by molar-refractivity contribution is 0.857. The number of nitrogens with two attached hydrogens (primary N) is 1. The summed E-state index contributed by atoms with van der Waals surface area (Å²) >= 11 is 5.95. The number of benzene rings is 1. The molecule has 1 heterocycles. The third-order valence-electron chi connectivity index (χ3n) is 2.58. The van der Waals surface area contributed by atoms with E-state index < -0.39 is 0 Å². The molecule has 5 heteroatoms. The summed E-state index contributed by atoms with van der Waals surface area (Å²) < 4.78 is 0. The summed E-state index contributed by atoms with van der Waals surface area (Å²) in [4.78, 5) is 10.5. The Morgan fingerprint density at radius 1 is 1.22 bits per heavy atom. The summed E-state index contributed by atoms with van der Waals surface area (Å²) in [6.07, 6.45) is 3.49. The molecule has 0 aliphatic carbocycles. The molecule has 0 saturated heterocycles. The topological polar surface area (TPSA) is 55.0 Å². The van der Waals surface area contributed by atoms with Crippen LogP contribution in [0.25, 0.3) is 0 Å². The minimum atomic E-state index is 0.457. The molecule has 0 aliphatic heterocycles. The van der Waals surface area contributed by atoms with E-state index in [0.29, 0.717) is 19.0 Å². The molecule has 0 spiro atoms. The van der Waals surface area contributed by atoms with Crippen LogP contribution < -0.4 is 10.6 Å². The maximum Gasteiger partial charge on any atom is 0.225 e. The fourth-order valence-electron chi connectivity index (χ4n) is 1.63. The van der Waals surface area contributed by atoms with Gasteiger partial charge in [-0.3, -0.25) is 0 Å². The van der Waals surface area contributed by atoms with Crippen molar-refractivity contribution in [3.05, 3.63) is 52.8 Å². The standard InChI is InChI=1S/C13H15ClN4/c1-18(9-10-3-2-4-12(14)5-10)13-16-7-11(6-15)8-17-13/h2-5,7-8H,6,9,15H2,1H3. The normalized spacial score (nSPS) is 10.4. The highest BCUT2D eigenvalue weighted by Crippen LogP contribution is 2.14. The summed E-state index contributed by atoms with van der Waals surface area (Å²) in [5, 5.41) is 0.736. The Bertz CT molecular complexity index is 513. The molecule has 0 radical (unpaired) electrons. The van der Waals surface area contributed by atoms with Crippen molar-refractivity contribution in [2.45, 2.75) is 13.1 Å². The lowest BCUT2D eigenvalue weighted by Crippen LogP contribution is -2.19. The largest absolute Gasteiger partial charge is 0.340 e. The van der Waals surface area contributed by atoms with Gasteiger partial charge in [0, 0.05) is 43.1 Å². The molecule has 2 N–H and O–H groups in total. The van der Waals surface area contributed by atoms with Crippen molar-refractivity contribution in [2.24, 2.45) is 5.73 Å². The Morgan fingerprint density at radius 2 is 1.94 bits per heavy atom. The van der Waals surface area contributed by atoms with Gasteiger partial charge in [-0.25, -0.2) is 9.97 Å². The van der Waals surface area contributed by atoms with Gasteiger partial charge >= 0.3 is 0 Å². The predicted molar refractivity (Wildman–Crippen MR) is 73.5 cm³/mol. The van der Waals surface area contributed by atoms with E-state index in [1.54, 1.807) is 12.4 Å². The highest BCUT2D eigenvalue weighted by molar-refractivity contribution is 6.30. The fraction of sp³-hybridized carbons (Fsp3) is 0.231. The molecule has 1 aromatic carbocycles. The fourth-order valence-corrected chi connectivity index (χ4v) is 1.84. The van der Waals surface area contributed by atoms with E-state index in [-0.39, 0.29) is 0 Å². The number of halogens is 1. The van der Waals surface area contributed by atoms with Crippen LogP contribution in [0.3, 0.4) is 0 Å². The molecule has 18 heavy (non-hydrogen) atoms. The van der Waals surface area contributed by atoms with Gasteiger partial charge in [-0.1, -0.05) is 23.7 Å². The lowest BCUT2D eigenvalue weighted by Gasteiger charge is -2.17. The van der Waals surface area contributed by atoms with Gasteiger partial charge in [0.2, 0.25) is 5.95 Å². The molecular weight excluding hydrogens is 248 g/mol. The molecule has 1 aromatic heterocycles. The molecule has 0 unspecified atom stereocenters. The van der Waals surface area contributed by atoms with Crippen LogP contribution in [0.2, 0.25) is 5.02 Å². The molecule has 2 aromatic rings. The average molecular weight is 263 g/mol. The summed E-state index contributed by atoms with van der Waals surface area (Å²) in [5.74, 6) is 0.673. The zero-order chi connectivity index (χ0) is 13.0. The van der Waals surface area contributed by atoms with E-state index in [2.05, 4.69) is 9.97 Å². The molecular formula is C13H15ClN4. The number of hydrogen-bond donors (Lipinski definition) is 1. The van der Waals surface area contributed by atoms with Crippen LogP contribution in [0.15, 0.2) is 36.7 Å². The SMILES string of the molecule is CN(Cc1cccc(Cl)c1)c1ncc(CN)cn1. The van der Waals surface area contributed by atoms with Crippen LogP contribution in [0.1, 0.15) is 11.1 Å². The van der Waals surface area contributed by atoms with Gasteiger partial charge in [0.25, 0.3) is 0 Å². The van der Waals surface area contributed by atoms with Crippen LogP contribution in [0, 0.1) is 0 Å². The van der Waals surface area contributed by atoms with E-state index >= 15 is 0 Å². The number of nitrogens with zero attached hydrogens (tertiary/aromatic N) is 3. The molecule has 94 valence electrons. The zero-order valence-electron chi connectivity index (χ0n) is 10.2. The number of anilines is 1. The third-order valence-corrected chi connectivity index (χ3v) is 2.81. The Balaban J connectivity index is 2.09. The number of hydrogen-bond acceptors (Lipinski definition) is 4. The van der Waals surface area contributed by atoms with Gasteiger partial charge in [-0.2, -0.15) is 0 Å². The molecule has 0 fully saturated rings. The lowest BCUT2D eigenvalue weighted by atomic mass is 10.2. The van der Waals surface area contributed by atoms with Gasteiger partial charge in [-0.15, -0.1) is 0 Å². The van der Waals surface area contributed by atoms with Crippen LogP contribution in [-0.2, 0) is 13.1 Å². The van der Waals surface area contributed by atoms with Crippen molar-refractivity contribution >= 4 is 17.5 Å². The van der Waals surface area contributed by atoms with Crippen molar-refractivity contribution in [1.29, 1.82) is 0 Å². The summed E-state index contributed by atoms with van der Waals surface area (Å²) in [6.45, 7) is 1.17. The zero-order valence-corrected chi connectivity index (χ0v) is 10.9. The van der Waals surface area contributed by atoms with Gasteiger partial charge in [-0.05, 0) is 17.7 Å². The van der Waals surface area contributed by atoms with Crippen molar-refractivity contribution in [1.82, 2.24) is 9.97 Å². The van der Waals surface area contributed by atoms with Crippen LogP contribution in [-0.4, -0.2) is 17.0 Å². The first-order valence-electron chi connectivity index (χ1n) is 5.65. The summed E-state index contributed by atoms with van der Waals surface area (Å²) in [6, 6.07) is 7.75. The van der Waals surface area contributed by atoms with E-state index in [0.717, 1.165) is 16.1 Å². The van der Waals surface area contributed by atoms with E-state index in [4.69, 9.17) is 17.3 Å². The molecule has 0 atom stereocenters. The van der Waals surface area contributed by atoms with Gasteiger partial charge in [0.05, 0.1) is 0 Å². The van der Waals surface area contributed by atoms with Gasteiger partial charge in [0.15, 0.2) is 0 Å². The van der Waals surface area contributed by atoms with E-state index in [1.165, 1.54) is 0 Å². The van der Waals surface area contributed by atoms with Crippen molar-refractivity contribution in [2.75, 3.05) is 11.9 Å². The van der Waals surface area contributed by atoms with Gasteiger partial charge < -0.3 is 10.6 Å². The number of aromatic nitrogens is 2. The minimum Gasteiger partial charge on any atom is -0.340 e. The molecule has 4 nitrogen and oxygen atoms in total. The Kier molecular flexibility index (Phi) is 4.12. The average Bonchev–Trinajstić information content (AvgIpc) is 2.39. The van der Waals surface area contributed by atoms with Crippen LogP contribution in [0.5, 0.6) is 0 Å². The maximum atomic E-state index is 5.95. The summed E-state index contributed by atoms with van der Waals surface area (Å²) in [7, 11) is 1.94. The van der Waals surface area contributed by atoms with Crippen molar-refractivity contribution in [3.8, 4) is 0 Å². The van der Waals surface area contributed by atoms with Gasteiger partial charge in [0.1, 0.15) is 0 Å². The monoisotopic (exact) mass is 262 g/mol. The second-order valence-electron chi connectivity index (χ2n) is 4.08. The van der Waals surface area contributed by atoms with E-state index in [9.17, 15) is 0 Å². The highest BCUT2D eigenvalue weighted by atomic mass is 35.5. The van der Waals surface area contributed by atoms with Crippen LogP contribution >= 0.6 is 11.6 Å². The van der Waals surface area contributed by atoms with E-state index in [1.807, 2.05) is 36.2 Å². The van der Waals surface area contributed by atoms with Crippen LogP contribution in [0.4, 0.5) is 5.95 Å². The molecule has 0 saturated carbocycles. The van der Waals surface area contributed by atoms with Crippen molar-refractivity contribution < 1.29 is 0 Å². The quantitative estimate of drug-likeness (QED) is 0.918. The first-order valence-corrected chi connectivity index (χ1v) is 6.03. The maximum absolute atomic E-state index is 5.95. The molecule has 0 aliphatic rings. The first-order chi connectivity index (χ1) is 8.69. The second-order valence-corrected chi connectivity index (χ2v) is 4.52. The molecule has 2 rings (SSSR count). The summed E-state index contributed by atoms with van der Waals surface area (Å²) in [5.41, 5.74) is 7.56. The smallest absolute Gasteiger partial charge is 0.225 e. The predicted octanol–water partition coefficient (Wildman–Crippen LogP) is 2.23. The molecule has 0 bridgehead atoms. The Labute approximate surface area is 111 Å². The Hall–Kier alpha value is -1.65. The third kappa shape index (κ3) is 3.18. The molecule has 0 amide bonds.